The predicted molar refractivity (Wildman–Crippen MR) is 113 cm³/mol. The molecule has 0 fully saturated rings. The molecule has 7 nitrogen and oxygen atoms in total. The number of nitrogens with zero attached hydrogens (tertiary/aromatic N) is 3. The van der Waals surface area contributed by atoms with Gasteiger partial charge in [0, 0.05) is 22.4 Å². The van der Waals surface area contributed by atoms with Gasteiger partial charge in [-0.05, 0) is 62.6 Å². The van der Waals surface area contributed by atoms with Crippen LogP contribution in [0.4, 0.5) is 11.4 Å². The fourth-order valence-corrected chi connectivity index (χ4v) is 3.28. The van der Waals surface area contributed by atoms with Gasteiger partial charge in [0.2, 0.25) is 0 Å². The Bertz CT molecular complexity index is 1170. The Kier molecular flexibility index (Phi) is 5.33. The normalized spacial score (nSPS) is 11.3. The van der Waals surface area contributed by atoms with Crippen molar-refractivity contribution in [1.82, 2.24) is 9.78 Å². The zero-order valence-electron chi connectivity index (χ0n) is 15.9. The maximum absolute atomic E-state index is 12.9. The van der Waals surface area contributed by atoms with Crippen molar-refractivity contribution in [2.24, 2.45) is 4.99 Å². The lowest BCUT2D eigenvalue weighted by Crippen LogP contribution is -2.17. The molecule has 0 amide bonds. The SMILES string of the molecule is Cc1cc(C)c(N=Cc2c(C)[nH]n(-c3ccc(Br)c(C)c3)c2=O)c([N+](=O)[O-])c1. The molecule has 0 aliphatic heterocycles. The molecule has 0 aliphatic carbocycles. The van der Waals surface area contributed by atoms with Crippen molar-refractivity contribution in [3.8, 4) is 5.69 Å². The van der Waals surface area contributed by atoms with Crippen molar-refractivity contribution in [2.75, 3.05) is 0 Å². The van der Waals surface area contributed by atoms with Crippen LogP contribution in [0, 0.1) is 37.8 Å². The van der Waals surface area contributed by atoms with E-state index in [-0.39, 0.29) is 16.9 Å². The number of H-pyrrole nitrogens is 1. The molecule has 0 atom stereocenters. The Hall–Kier alpha value is -3.00. The summed E-state index contributed by atoms with van der Waals surface area (Å²) in [6, 6.07) is 8.89. The van der Waals surface area contributed by atoms with Gasteiger partial charge in [-0.3, -0.25) is 20.0 Å². The van der Waals surface area contributed by atoms with Crippen molar-refractivity contribution >= 4 is 33.5 Å². The van der Waals surface area contributed by atoms with Gasteiger partial charge >= 0.3 is 0 Å². The smallest absolute Gasteiger partial charge is 0.295 e. The zero-order valence-corrected chi connectivity index (χ0v) is 17.5. The van der Waals surface area contributed by atoms with E-state index < -0.39 is 4.92 Å². The fourth-order valence-electron chi connectivity index (χ4n) is 3.04. The summed E-state index contributed by atoms with van der Waals surface area (Å²) in [5, 5.41) is 14.4. The maximum Gasteiger partial charge on any atom is 0.295 e. The number of nitrogens with one attached hydrogen (secondary N) is 1. The Labute approximate surface area is 170 Å². The van der Waals surface area contributed by atoms with Crippen molar-refractivity contribution in [3.05, 3.63) is 83.2 Å². The number of hydrogen-bond donors (Lipinski definition) is 1. The minimum Gasteiger partial charge on any atom is -0.295 e. The quantitative estimate of drug-likeness (QED) is 0.356. The van der Waals surface area contributed by atoms with Crippen LogP contribution in [-0.4, -0.2) is 20.9 Å². The largest absolute Gasteiger partial charge is 0.295 e. The first-order valence-electron chi connectivity index (χ1n) is 8.57. The minimum absolute atomic E-state index is 0.0780. The van der Waals surface area contributed by atoms with E-state index in [0.717, 1.165) is 15.6 Å². The van der Waals surface area contributed by atoms with Crippen molar-refractivity contribution in [1.29, 1.82) is 0 Å². The van der Waals surface area contributed by atoms with Crippen LogP contribution in [0.3, 0.4) is 0 Å². The van der Waals surface area contributed by atoms with E-state index in [1.54, 1.807) is 20.8 Å². The van der Waals surface area contributed by atoms with Gasteiger partial charge in [0.15, 0.2) is 0 Å². The average Bonchev–Trinajstić information content (AvgIpc) is 2.90. The van der Waals surface area contributed by atoms with Crippen LogP contribution in [0.2, 0.25) is 0 Å². The summed E-state index contributed by atoms with van der Waals surface area (Å²) < 4.78 is 2.39. The molecule has 2 aromatic carbocycles. The van der Waals surface area contributed by atoms with Gasteiger partial charge in [0.1, 0.15) is 5.69 Å². The number of nitro groups is 1. The summed E-state index contributed by atoms with van der Waals surface area (Å²) in [5.74, 6) is 0. The van der Waals surface area contributed by atoms with E-state index in [1.165, 1.54) is 17.0 Å². The van der Waals surface area contributed by atoms with Crippen molar-refractivity contribution in [2.45, 2.75) is 27.7 Å². The van der Waals surface area contributed by atoms with Crippen molar-refractivity contribution < 1.29 is 4.92 Å². The van der Waals surface area contributed by atoms with Crippen LogP contribution in [-0.2, 0) is 0 Å². The van der Waals surface area contributed by atoms with Gasteiger partial charge in [0.25, 0.3) is 11.2 Å². The van der Waals surface area contributed by atoms with Gasteiger partial charge in [0.05, 0.1) is 16.2 Å². The fraction of sp³-hybridized carbons (Fsp3) is 0.200. The van der Waals surface area contributed by atoms with E-state index in [2.05, 4.69) is 26.0 Å². The lowest BCUT2D eigenvalue weighted by molar-refractivity contribution is -0.384. The van der Waals surface area contributed by atoms with Gasteiger partial charge in [-0.1, -0.05) is 22.0 Å². The topological polar surface area (TPSA) is 93.3 Å². The molecule has 0 unspecified atom stereocenters. The van der Waals surface area contributed by atoms with Crippen molar-refractivity contribution in [3.63, 3.8) is 0 Å². The number of benzene rings is 2. The molecule has 0 saturated carbocycles. The highest BCUT2D eigenvalue weighted by molar-refractivity contribution is 9.10. The van der Waals surface area contributed by atoms with E-state index in [9.17, 15) is 14.9 Å². The molecule has 0 spiro atoms. The average molecular weight is 443 g/mol. The zero-order chi connectivity index (χ0) is 20.6. The molecule has 0 radical (unpaired) electrons. The number of halogens is 1. The molecule has 0 bridgehead atoms. The second-order valence-electron chi connectivity index (χ2n) is 6.69. The molecule has 1 N–H and O–H groups in total. The van der Waals surface area contributed by atoms with Gasteiger partial charge in [-0.25, -0.2) is 9.67 Å². The van der Waals surface area contributed by atoms with Crippen LogP contribution >= 0.6 is 15.9 Å². The third-order valence-corrected chi connectivity index (χ3v) is 5.35. The summed E-state index contributed by atoms with van der Waals surface area (Å²) in [6.07, 6.45) is 1.39. The monoisotopic (exact) mass is 442 g/mol. The van der Waals surface area contributed by atoms with Crippen LogP contribution in [0.1, 0.15) is 27.9 Å². The van der Waals surface area contributed by atoms with Crippen LogP contribution in [0.25, 0.3) is 5.69 Å². The first-order chi connectivity index (χ1) is 13.2. The van der Waals surface area contributed by atoms with E-state index in [1.807, 2.05) is 31.2 Å². The van der Waals surface area contributed by atoms with E-state index in [4.69, 9.17) is 0 Å². The molecule has 0 saturated heterocycles. The molecule has 1 aromatic heterocycles. The second-order valence-corrected chi connectivity index (χ2v) is 7.54. The third-order valence-electron chi connectivity index (χ3n) is 4.46. The number of aromatic nitrogens is 2. The van der Waals surface area contributed by atoms with Crippen LogP contribution in [0.5, 0.6) is 0 Å². The number of aromatic amines is 1. The van der Waals surface area contributed by atoms with E-state index in [0.29, 0.717) is 22.5 Å². The summed E-state index contributed by atoms with van der Waals surface area (Å²) in [6.45, 7) is 7.26. The molecule has 0 aliphatic rings. The van der Waals surface area contributed by atoms with Gasteiger partial charge in [-0.2, -0.15) is 0 Å². The lowest BCUT2D eigenvalue weighted by Gasteiger charge is -2.04. The molecule has 3 aromatic rings. The summed E-state index contributed by atoms with van der Waals surface area (Å²) in [5.41, 5.74) is 4.05. The lowest BCUT2D eigenvalue weighted by atomic mass is 10.1. The Morgan fingerprint density at radius 2 is 1.86 bits per heavy atom. The number of rotatable bonds is 4. The molecule has 8 heteroatoms. The predicted octanol–water partition coefficient (Wildman–Crippen LogP) is 4.82. The molecular weight excluding hydrogens is 424 g/mol. The number of aliphatic imine (C=N–C) groups is 1. The maximum atomic E-state index is 12.9. The molecule has 1 heterocycles. The third kappa shape index (κ3) is 3.68. The minimum atomic E-state index is -0.459. The summed E-state index contributed by atoms with van der Waals surface area (Å²) in [4.78, 5) is 28.1. The molecule has 144 valence electrons. The Morgan fingerprint density at radius 1 is 1.14 bits per heavy atom. The van der Waals surface area contributed by atoms with E-state index >= 15 is 0 Å². The summed E-state index contributed by atoms with van der Waals surface area (Å²) >= 11 is 3.45. The first kappa shape index (κ1) is 19.8. The number of hydrogen-bond acceptors (Lipinski definition) is 4. The standard InChI is InChI=1S/C20H19BrN4O3/c1-11-7-13(3)19(18(8-11)25(27)28)22-10-16-14(4)23-24(20(16)26)15-5-6-17(21)12(2)9-15/h5-10,23H,1-4H3. The Morgan fingerprint density at radius 3 is 2.50 bits per heavy atom. The highest BCUT2D eigenvalue weighted by Gasteiger charge is 2.17. The highest BCUT2D eigenvalue weighted by atomic mass is 79.9. The second kappa shape index (κ2) is 7.55. The molecular formula is C20H19BrN4O3. The van der Waals surface area contributed by atoms with Gasteiger partial charge in [-0.15, -0.1) is 0 Å². The summed E-state index contributed by atoms with van der Waals surface area (Å²) in [7, 11) is 0. The number of nitro benzene ring substituents is 1. The molecule has 28 heavy (non-hydrogen) atoms. The van der Waals surface area contributed by atoms with Crippen LogP contribution in [0.15, 0.2) is 44.6 Å². The first-order valence-corrected chi connectivity index (χ1v) is 9.36. The van der Waals surface area contributed by atoms with Gasteiger partial charge < -0.3 is 0 Å². The highest BCUT2D eigenvalue weighted by Crippen LogP contribution is 2.32. The number of aryl methyl sites for hydroxylation is 4. The van der Waals surface area contributed by atoms with Crippen LogP contribution < -0.4 is 5.56 Å². The molecule has 3 rings (SSSR count). The Balaban J connectivity index is 2.08.